The minimum Gasteiger partial charge on any atom is -0.492 e. The van der Waals surface area contributed by atoms with Crippen LogP contribution in [-0.2, 0) is 43.2 Å². The molecule has 11 N–H and O–H groups in total. The molecule has 0 saturated heterocycles. The van der Waals surface area contributed by atoms with Crippen LogP contribution in [0.25, 0.3) is 0 Å². The highest BCUT2D eigenvalue weighted by Crippen LogP contribution is 2.19. The average Bonchev–Trinajstić information content (AvgIpc) is 3.52. The SMILES string of the molecule is Cc1cccc(C(=O)NCCCCC(CC(=O)O)NC(=O)C(CCC(=O)O)NC(=O)C(CCC(=O)O)NC(=O)C(CCC(=O)O)NC(=O)CCCCC(=O)On2c(O)ccc2O)c1. The molecule has 2 aromatic rings. The maximum absolute atomic E-state index is 13.6. The van der Waals surface area contributed by atoms with E-state index in [-0.39, 0.29) is 44.6 Å². The second-order valence-corrected chi connectivity index (χ2v) is 14.5. The molecule has 1 aromatic carbocycles. The molecule has 0 aliphatic rings. The van der Waals surface area contributed by atoms with Crippen molar-refractivity contribution < 1.29 is 83.4 Å². The zero-order chi connectivity index (χ0) is 47.1. The van der Waals surface area contributed by atoms with Gasteiger partial charge < -0.3 is 62.1 Å². The Morgan fingerprint density at radius 1 is 0.587 bits per heavy atom. The summed E-state index contributed by atoms with van der Waals surface area (Å²) in [6, 6.07) is 3.16. The summed E-state index contributed by atoms with van der Waals surface area (Å²) in [6.07, 6.45) is -3.67. The number of hydrogen-bond acceptors (Lipinski definition) is 13. The van der Waals surface area contributed by atoms with Crippen LogP contribution in [0.1, 0.15) is 106 Å². The second-order valence-electron chi connectivity index (χ2n) is 14.5. The number of carbonyl (C=O) groups excluding carboxylic acids is 6. The van der Waals surface area contributed by atoms with E-state index in [1.165, 1.54) is 0 Å². The molecular formula is C40H54N6O17. The number of hydrogen-bond donors (Lipinski definition) is 11. The monoisotopic (exact) mass is 890 g/mol. The normalized spacial score (nSPS) is 12.7. The summed E-state index contributed by atoms with van der Waals surface area (Å²) < 4.78 is 0.482. The Labute approximate surface area is 360 Å². The van der Waals surface area contributed by atoms with E-state index in [4.69, 9.17) is 4.84 Å². The van der Waals surface area contributed by atoms with E-state index in [9.17, 15) is 78.6 Å². The first-order valence-electron chi connectivity index (χ1n) is 20.0. The average molecular weight is 891 g/mol. The fraction of sp³-hybridized carbons (Fsp3) is 0.500. The lowest BCUT2D eigenvalue weighted by Crippen LogP contribution is -2.57. The van der Waals surface area contributed by atoms with Crippen molar-refractivity contribution in [3.8, 4) is 11.8 Å². The molecule has 0 bridgehead atoms. The number of rotatable bonds is 30. The Kier molecular flexibility index (Phi) is 22.2. The molecule has 1 heterocycles. The van der Waals surface area contributed by atoms with Gasteiger partial charge in [-0.3, -0.25) is 43.2 Å². The molecule has 0 aliphatic heterocycles. The predicted octanol–water partition coefficient (Wildman–Crippen LogP) is 0.332. The number of aromatic nitrogens is 1. The Morgan fingerprint density at radius 2 is 1.10 bits per heavy atom. The smallest absolute Gasteiger partial charge is 0.333 e. The largest absolute Gasteiger partial charge is 0.492 e. The van der Waals surface area contributed by atoms with Crippen molar-refractivity contribution >= 4 is 59.4 Å². The number of aliphatic carboxylic acids is 4. The van der Waals surface area contributed by atoms with E-state index >= 15 is 0 Å². The Morgan fingerprint density at radius 3 is 1.60 bits per heavy atom. The van der Waals surface area contributed by atoms with Gasteiger partial charge in [0.25, 0.3) is 5.91 Å². The number of nitrogens with one attached hydrogen (secondary N) is 5. The van der Waals surface area contributed by atoms with Crippen LogP contribution in [0.4, 0.5) is 0 Å². The van der Waals surface area contributed by atoms with Gasteiger partial charge in [-0.25, -0.2) is 4.79 Å². The van der Waals surface area contributed by atoms with Gasteiger partial charge in [0.15, 0.2) is 0 Å². The van der Waals surface area contributed by atoms with E-state index in [2.05, 4.69) is 26.6 Å². The fourth-order valence-electron chi connectivity index (χ4n) is 5.96. The van der Waals surface area contributed by atoms with Crippen molar-refractivity contribution in [3.63, 3.8) is 0 Å². The zero-order valence-corrected chi connectivity index (χ0v) is 34.5. The summed E-state index contributed by atoms with van der Waals surface area (Å²) in [5.74, 6) is -11.6. The first kappa shape index (κ1) is 51.9. The summed E-state index contributed by atoms with van der Waals surface area (Å²) in [7, 11) is 0. The van der Waals surface area contributed by atoms with Crippen molar-refractivity contribution in [2.45, 2.75) is 121 Å². The van der Waals surface area contributed by atoms with Gasteiger partial charge in [-0.15, -0.1) is 4.73 Å². The maximum Gasteiger partial charge on any atom is 0.333 e. The number of amides is 5. The van der Waals surface area contributed by atoms with E-state index in [0.29, 0.717) is 23.1 Å². The topological polar surface area (TPSA) is 366 Å². The van der Waals surface area contributed by atoms with Crippen molar-refractivity contribution in [1.82, 2.24) is 31.3 Å². The zero-order valence-electron chi connectivity index (χ0n) is 34.5. The van der Waals surface area contributed by atoms with Crippen molar-refractivity contribution in [2.24, 2.45) is 0 Å². The van der Waals surface area contributed by atoms with E-state index in [1.54, 1.807) is 18.2 Å². The van der Waals surface area contributed by atoms with Crippen LogP contribution in [0.2, 0.25) is 0 Å². The van der Waals surface area contributed by atoms with Gasteiger partial charge in [0.2, 0.25) is 35.4 Å². The van der Waals surface area contributed by atoms with Crippen molar-refractivity contribution in [3.05, 3.63) is 47.5 Å². The van der Waals surface area contributed by atoms with Crippen LogP contribution < -0.4 is 31.4 Å². The summed E-state index contributed by atoms with van der Waals surface area (Å²) in [5.41, 5.74) is 1.35. The molecule has 4 unspecified atom stereocenters. The second kappa shape index (κ2) is 26.9. The van der Waals surface area contributed by atoms with Crippen LogP contribution >= 0.6 is 0 Å². The van der Waals surface area contributed by atoms with Gasteiger partial charge in [-0.1, -0.05) is 17.7 Å². The van der Waals surface area contributed by atoms with Gasteiger partial charge in [-0.2, -0.15) is 0 Å². The summed E-state index contributed by atoms with van der Waals surface area (Å²) in [6.45, 7) is 2.07. The summed E-state index contributed by atoms with van der Waals surface area (Å²) in [5, 5.41) is 68.8. The quantitative estimate of drug-likeness (QED) is 0.0471. The summed E-state index contributed by atoms with van der Waals surface area (Å²) >= 11 is 0. The molecule has 23 heteroatoms. The number of nitrogens with zero attached hydrogens (tertiary/aromatic N) is 1. The van der Waals surface area contributed by atoms with Crippen LogP contribution in [0.3, 0.4) is 0 Å². The number of aryl methyl sites for hydroxylation is 1. The predicted molar refractivity (Wildman–Crippen MR) is 216 cm³/mol. The van der Waals surface area contributed by atoms with Gasteiger partial charge in [0.1, 0.15) is 18.1 Å². The molecule has 63 heavy (non-hydrogen) atoms. The number of carbonyl (C=O) groups is 10. The van der Waals surface area contributed by atoms with Crippen LogP contribution in [-0.4, -0.2) is 125 Å². The van der Waals surface area contributed by atoms with E-state index < -0.39 is 134 Å². The minimum atomic E-state index is -1.71. The van der Waals surface area contributed by atoms with E-state index in [0.717, 1.165) is 17.7 Å². The van der Waals surface area contributed by atoms with Crippen molar-refractivity contribution in [1.29, 1.82) is 0 Å². The molecular weight excluding hydrogens is 836 g/mol. The molecule has 0 fully saturated rings. The van der Waals surface area contributed by atoms with E-state index in [1.807, 2.05) is 13.0 Å². The number of carboxylic acids is 4. The molecule has 0 saturated carbocycles. The van der Waals surface area contributed by atoms with Crippen LogP contribution in [0, 0.1) is 6.92 Å². The standard InChI is InChI=1S/C40H54N6O17/c1-23-7-6-8-24(21-23)37(59)41-20-5-4-9-25(22-35(56)57)42-38(60)27(13-18-33(52)53)44-40(62)28(14-19-34(54)55)45-39(61)26(12-17-32(50)51)43-29(47)10-2-3-11-36(58)63-46-30(48)15-16-31(46)49/h6-8,15-16,21,25-28,48-49H,2-5,9-14,17-20,22H2,1H3,(H,41,59)(H,42,60)(H,43,47)(H,44,62)(H,45,61)(H,50,51)(H,52,53)(H,54,55)(H,56,57). The van der Waals surface area contributed by atoms with Gasteiger partial charge in [-0.05, 0) is 70.4 Å². The third-order valence-corrected chi connectivity index (χ3v) is 9.20. The van der Waals surface area contributed by atoms with Gasteiger partial charge >= 0.3 is 29.8 Å². The molecule has 346 valence electrons. The van der Waals surface area contributed by atoms with Crippen LogP contribution in [0.5, 0.6) is 11.8 Å². The number of unbranched alkanes of at least 4 members (excludes halogenated alkanes) is 2. The Bertz CT molecular complexity index is 1930. The maximum atomic E-state index is 13.6. The van der Waals surface area contributed by atoms with Gasteiger partial charge in [0, 0.05) is 62.4 Å². The molecule has 1 aromatic heterocycles. The van der Waals surface area contributed by atoms with Gasteiger partial charge in [0.05, 0.1) is 6.42 Å². The molecule has 4 atom stereocenters. The highest BCUT2D eigenvalue weighted by molar-refractivity contribution is 5.95. The lowest BCUT2D eigenvalue weighted by atomic mass is 10.0. The molecule has 0 spiro atoms. The van der Waals surface area contributed by atoms with Crippen molar-refractivity contribution in [2.75, 3.05) is 6.54 Å². The third kappa shape index (κ3) is 20.8. The minimum absolute atomic E-state index is 0.0569. The number of aromatic hydroxyl groups is 2. The fourth-order valence-corrected chi connectivity index (χ4v) is 5.96. The van der Waals surface area contributed by atoms with Crippen LogP contribution in [0.15, 0.2) is 36.4 Å². The molecule has 5 amide bonds. The first-order chi connectivity index (χ1) is 29.7. The first-order valence-corrected chi connectivity index (χ1v) is 20.0. The highest BCUT2D eigenvalue weighted by Gasteiger charge is 2.31. The lowest BCUT2D eigenvalue weighted by Gasteiger charge is -2.26. The number of benzene rings is 1. The Balaban J connectivity index is 2.10. The molecule has 0 radical (unpaired) electrons. The number of carboxylic acid groups (broad SMARTS) is 4. The molecule has 23 nitrogen and oxygen atoms in total. The Hall–Kier alpha value is -7.20. The molecule has 2 rings (SSSR count). The highest BCUT2D eigenvalue weighted by atomic mass is 16.7. The summed E-state index contributed by atoms with van der Waals surface area (Å²) in [4.78, 5) is 129. The lowest BCUT2D eigenvalue weighted by molar-refractivity contribution is -0.146. The third-order valence-electron chi connectivity index (χ3n) is 9.20. The molecule has 0 aliphatic carbocycles.